The van der Waals surface area contributed by atoms with Crippen LogP contribution in [0.5, 0.6) is 5.75 Å². The third-order valence-corrected chi connectivity index (χ3v) is 5.23. The van der Waals surface area contributed by atoms with E-state index in [2.05, 4.69) is 15.3 Å². The Morgan fingerprint density at radius 2 is 2.04 bits per heavy atom. The Balaban J connectivity index is 1.70. The number of benzene rings is 1. The van der Waals surface area contributed by atoms with Gasteiger partial charge < -0.3 is 10.1 Å². The minimum absolute atomic E-state index is 0.0295. The van der Waals surface area contributed by atoms with Crippen molar-refractivity contribution < 1.29 is 9.13 Å². The van der Waals surface area contributed by atoms with Crippen molar-refractivity contribution >= 4 is 0 Å². The number of rotatable bonds is 6. The fourth-order valence-electron chi connectivity index (χ4n) is 3.46. The maximum absolute atomic E-state index is 14.2. The molecular weight excluding hydrogens is 347 g/mol. The highest BCUT2D eigenvalue weighted by Gasteiger charge is 2.24. The van der Waals surface area contributed by atoms with Crippen molar-refractivity contribution in [3.63, 3.8) is 0 Å². The molecule has 2 heterocycles. The molecule has 144 valence electrons. The molecule has 1 aliphatic carbocycles. The topological polar surface area (TPSA) is 59.4 Å². The van der Waals surface area contributed by atoms with Crippen molar-refractivity contribution in [2.24, 2.45) is 5.92 Å². The second-order valence-corrected chi connectivity index (χ2v) is 7.36. The number of nitrogens with one attached hydrogen (secondary N) is 1. The molecule has 27 heavy (non-hydrogen) atoms. The van der Waals surface area contributed by atoms with E-state index in [9.17, 15) is 9.18 Å². The van der Waals surface area contributed by atoms with E-state index in [1.54, 1.807) is 16.8 Å². The van der Waals surface area contributed by atoms with Gasteiger partial charge in [-0.15, -0.1) is 0 Å². The lowest BCUT2D eigenvalue weighted by Gasteiger charge is -2.27. The molecule has 1 N–H and O–H groups in total. The predicted octanol–water partition coefficient (Wildman–Crippen LogP) is 1.87. The molecule has 2 fully saturated rings. The molecule has 0 amide bonds. The van der Waals surface area contributed by atoms with Crippen LogP contribution in [0.25, 0.3) is 11.3 Å². The first-order chi connectivity index (χ1) is 13.1. The quantitative estimate of drug-likeness (QED) is 0.839. The maximum Gasteiger partial charge on any atom is 0.271 e. The van der Waals surface area contributed by atoms with Gasteiger partial charge in [0.25, 0.3) is 5.56 Å². The van der Waals surface area contributed by atoms with Gasteiger partial charge >= 0.3 is 0 Å². The van der Waals surface area contributed by atoms with Gasteiger partial charge in [-0.1, -0.05) is 0 Å². The van der Waals surface area contributed by atoms with E-state index >= 15 is 0 Å². The van der Waals surface area contributed by atoms with E-state index in [-0.39, 0.29) is 11.3 Å². The number of ether oxygens (including phenoxy) is 1. The lowest BCUT2D eigenvalue weighted by molar-refractivity contribution is 0.231. The third-order valence-electron chi connectivity index (χ3n) is 5.23. The molecule has 1 saturated carbocycles. The Morgan fingerprint density at radius 1 is 1.26 bits per heavy atom. The average Bonchev–Trinajstić information content (AvgIpc) is 3.49. The monoisotopic (exact) mass is 372 g/mol. The van der Waals surface area contributed by atoms with Crippen LogP contribution >= 0.6 is 0 Å². The van der Waals surface area contributed by atoms with E-state index in [0.29, 0.717) is 30.3 Å². The van der Waals surface area contributed by atoms with E-state index in [0.717, 1.165) is 44.6 Å². The van der Waals surface area contributed by atoms with E-state index < -0.39 is 5.82 Å². The van der Waals surface area contributed by atoms with Crippen LogP contribution in [-0.4, -0.2) is 48.0 Å². The fraction of sp³-hybridized carbons (Fsp3) is 0.500. The number of piperazine rings is 1. The van der Waals surface area contributed by atoms with Crippen LogP contribution in [0.15, 0.2) is 29.1 Å². The molecule has 1 aromatic heterocycles. The molecule has 6 nitrogen and oxygen atoms in total. The summed E-state index contributed by atoms with van der Waals surface area (Å²) in [5.74, 6) is 0.302. The molecule has 7 heteroatoms. The molecular formula is C20H25FN4O2. The van der Waals surface area contributed by atoms with Crippen LogP contribution in [-0.2, 0) is 13.1 Å². The lowest BCUT2D eigenvalue weighted by Crippen LogP contribution is -2.44. The van der Waals surface area contributed by atoms with Crippen molar-refractivity contribution in [3.8, 4) is 17.0 Å². The number of hydrogen-bond donors (Lipinski definition) is 1. The Kier molecular flexibility index (Phi) is 5.22. The minimum atomic E-state index is -0.430. The second kappa shape index (κ2) is 7.78. The van der Waals surface area contributed by atoms with Crippen LogP contribution in [0.3, 0.4) is 0 Å². The summed E-state index contributed by atoms with van der Waals surface area (Å²) >= 11 is 0. The standard InChI is InChI=1S/C20H25FN4O2/c1-27-19-5-4-15(10-17(19)21)18-11-16(13-24-8-6-22-7-9-24)20(26)25(23-18)12-14-2-3-14/h4-5,10-11,14,22H,2-3,6-9,12-13H2,1H3. The lowest BCUT2D eigenvalue weighted by atomic mass is 10.1. The predicted molar refractivity (Wildman–Crippen MR) is 101 cm³/mol. The van der Waals surface area contributed by atoms with Crippen LogP contribution in [0.1, 0.15) is 18.4 Å². The zero-order valence-corrected chi connectivity index (χ0v) is 15.6. The first kappa shape index (κ1) is 18.1. The van der Waals surface area contributed by atoms with Crippen molar-refractivity contribution in [2.45, 2.75) is 25.9 Å². The van der Waals surface area contributed by atoms with E-state index in [1.165, 1.54) is 13.2 Å². The Labute approximate surface area is 157 Å². The fourth-order valence-corrected chi connectivity index (χ4v) is 3.46. The highest BCUT2D eigenvalue weighted by Crippen LogP contribution is 2.30. The molecule has 0 spiro atoms. The number of nitrogens with zero attached hydrogens (tertiary/aromatic N) is 3. The van der Waals surface area contributed by atoms with Gasteiger partial charge in [-0.3, -0.25) is 9.69 Å². The van der Waals surface area contributed by atoms with Crippen molar-refractivity contribution in [1.29, 1.82) is 0 Å². The minimum Gasteiger partial charge on any atom is -0.494 e. The highest BCUT2D eigenvalue weighted by molar-refractivity contribution is 5.60. The molecule has 4 rings (SSSR count). The maximum atomic E-state index is 14.2. The zero-order chi connectivity index (χ0) is 18.8. The summed E-state index contributed by atoms with van der Waals surface area (Å²) in [4.78, 5) is 15.2. The van der Waals surface area contributed by atoms with Crippen LogP contribution < -0.4 is 15.6 Å². The molecule has 0 atom stereocenters. The Bertz CT molecular complexity index is 873. The van der Waals surface area contributed by atoms with Crippen LogP contribution in [0, 0.1) is 11.7 Å². The van der Waals surface area contributed by atoms with Gasteiger partial charge in [0.05, 0.1) is 12.8 Å². The highest BCUT2D eigenvalue weighted by atomic mass is 19.1. The first-order valence-electron chi connectivity index (χ1n) is 9.52. The number of aromatic nitrogens is 2. The molecule has 0 unspecified atom stereocenters. The summed E-state index contributed by atoms with van der Waals surface area (Å²) in [6.07, 6.45) is 2.28. The van der Waals surface area contributed by atoms with Crippen LogP contribution in [0.4, 0.5) is 4.39 Å². The summed E-state index contributed by atoms with van der Waals surface area (Å²) in [5, 5.41) is 7.86. The largest absolute Gasteiger partial charge is 0.494 e. The van der Waals surface area contributed by atoms with Crippen molar-refractivity contribution in [1.82, 2.24) is 20.0 Å². The van der Waals surface area contributed by atoms with Gasteiger partial charge in [0.1, 0.15) is 0 Å². The Hall–Kier alpha value is -2.25. The van der Waals surface area contributed by atoms with Gasteiger partial charge in [-0.05, 0) is 43.0 Å². The Morgan fingerprint density at radius 3 is 2.70 bits per heavy atom. The van der Waals surface area contributed by atoms with Gasteiger partial charge in [0, 0.05) is 50.4 Å². The molecule has 1 aromatic carbocycles. The van der Waals surface area contributed by atoms with Crippen molar-refractivity contribution in [3.05, 3.63) is 46.0 Å². The van der Waals surface area contributed by atoms with Gasteiger partial charge in [-0.25, -0.2) is 9.07 Å². The summed E-state index contributed by atoms with van der Waals surface area (Å²) in [6, 6.07) is 6.61. The van der Waals surface area contributed by atoms with Gasteiger partial charge in [0.2, 0.25) is 0 Å². The summed E-state index contributed by atoms with van der Waals surface area (Å²) in [7, 11) is 1.44. The smallest absolute Gasteiger partial charge is 0.271 e. The average molecular weight is 372 g/mol. The van der Waals surface area contributed by atoms with Crippen molar-refractivity contribution in [2.75, 3.05) is 33.3 Å². The third kappa shape index (κ3) is 4.20. The second-order valence-electron chi connectivity index (χ2n) is 7.36. The summed E-state index contributed by atoms with van der Waals surface area (Å²) in [6.45, 7) is 4.92. The normalized spacial score (nSPS) is 17.9. The van der Waals surface area contributed by atoms with Gasteiger partial charge in [0.15, 0.2) is 11.6 Å². The molecule has 0 radical (unpaired) electrons. The van der Waals surface area contributed by atoms with E-state index in [1.807, 2.05) is 6.07 Å². The first-order valence-corrected chi connectivity index (χ1v) is 9.52. The molecule has 1 saturated heterocycles. The van der Waals surface area contributed by atoms with Gasteiger partial charge in [-0.2, -0.15) is 5.10 Å². The summed E-state index contributed by atoms with van der Waals surface area (Å²) < 4.78 is 20.7. The number of hydrogen-bond acceptors (Lipinski definition) is 5. The molecule has 2 aliphatic rings. The number of methoxy groups -OCH3 is 1. The zero-order valence-electron chi connectivity index (χ0n) is 15.6. The van der Waals surface area contributed by atoms with Crippen LogP contribution in [0.2, 0.25) is 0 Å². The summed E-state index contributed by atoms with van der Waals surface area (Å²) in [5.41, 5.74) is 1.97. The SMILES string of the molecule is COc1ccc(-c2cc(CN3CCNCC3)c(=O)n(CC3CC3)n2)cc1F. The molecule has 1 aliphatic heterocycles. The van der Waals surface area contributed by atoms with E-state index in [4.69, 9.17) is 4.74 Å². The molecule has 2 aromatic rings. The molecule has 0 bridgehead atoms. The number of halogens is 1.